The molecular weight excluding hydrogens is 424 g/mol. The fourth-order valence-corrected chi connectivity index (χ4v) is 4.23. The quantitative estimate of drug-likeness (QED) is 0.525. The van der Waals surface area contributed by atoms with Gasteiger partial charge >= 0.3 is 0 Å². The number of rotatable bonds is 8. The summed E-state index contributed by atoms with van der Waals surface area (Å²) in [5.41, 5.74) is 2.59. The van der Waals surface area contributed by atoms with Crippen LogP contribution in [0.2, 0.25) is 5.02 Å². The molecule has 2 fully saturated rings. The van der Waals surface area contributed by atoms with E-state index in [1.54, 1.807) is 0 Å². The van der Waals surface area contributed by atoms with E-state index in [1.807, 2.05) is 12.1 Å². The lowest BCUT2D eigenvalue weighted by Crippen LogP contribution is -2.48. The van der Waals surface area contributed by atoms with E-state index in [4.69, 9.17) is 21.4 Å². The van der Waals surface area contributed by atoms with Gasteiger partial charge in [-0.15, -0.1) is 0 Å². The minimum atomic E-state index is 0.0909. The zero-order chi connectivity index (χ0) is 22.4. The summed E-state index contributed by atoms with van der Waals surface area (Å²) >= 11 is 6.09. The molecule has 2 saturated heterocycles. The zero-order valence-corrected chi connectivity index (χ0v) is 19.6. The normalized spacial score (nSPS) is 18.6. The van der Waals surface area contributed by atoms with Crippen LogP contribution in [0.15, 0.2) is 54.6 Å². The maximum absolute atomic E-state index is 8.78. The van der Waals surface area contributed by atoms with Crippen LogP contribution in [-0.4, -0.2) is 93.6 Å². The van der Waals surface area contributed by atoms with Gasteiger partial charge in [0.05, 0.1) is 25.9 Å². The Labute approximate surface area is 197 Å². The summed E-state index contributed by atoms with van der Waals surface area (Å²) in [5.74, 6) is 0. The summed E-state index contributed by atoms with van der Waals surface area (Å²) in [5, 5.41) is 16.0. The van der Waals surface area contributed by atoms with Crippen molar-refractivity contribution in [2.75, 3.05) is 78.7 Å². The highest BCUT2D eigenvalue weighted by molar-refractivity contribution is 6.30. The van der Waals surface area contributed by atoms with Crippen molar-refractivity contribution in [3.05, 3.63) is 70.7 Å². The van der Waals surface area contributed by atoms with Crippen LogP contribution in [0, 0.1) is 0 Å². The van der Waals surface area contributed by atoms with Gasteiger partial charge < -0.3 is 20.5 Å². The predicted molar refractivity (Wildman–Crippen MR) is 131 cm³/mol. The van der Waals surface area contributed by atoms with Gasteiger partial charge in [0.25, 0.3) is 0 Å². The molecule has 2 heterocycles. The maximum Gasteiger partial charge on any atom is 0.0698 e. The lowest BCUT2D eigenvalue weighted by molar-refractivity contribution is 0.0522. The van der Waals surface area contributed by atoms with Crippen LogP contribution in [0.3, 0.4) is 0 Å². The van der Waals surface area contributed by atoms with Gasteiger partial charge in [-0.25, -0.2) is 0 Å². The Kier molecular flexibility index (Phi) is 11.5. The second-order valence-electron chi connectivity index (χ2n) is 8.08. The number of nitrogens with zero attached hydrogens (tertiary/aromatic N) is 2. The number of aliphatic hydroxyl groups is 1. The van der Waals surface area contributed by atoms with Crippen molar-refractivity contribution < 1.29 is 9.84 Å². The van der Waals surface area contributed by atoms with E-state index in [9.17, 15) is 0 Å². The third-order valence-corrected chi connectivity index (χ3v) is 6.07. The van der Waals surface area contributed by atoms with E-state index < -0.39 is 0 Å². The van der Waals surface area contributed by atoms with Crippen LogP contribution in [0.5, 0.6) is 0 Å². The maximum atomic E-state index is 8.78. The topological polar surface area (TPSA) is 60.0 Å². The largest absolute Gasteiger partial charge is 0.394 e. The molecule has 3 N–H and O–H groups in total. The number of halogens is 1. The number of aliphatic hydroxyl groups excluding tert-OH is 1. The average molecular weight is 461 g/mol. The minimum Gasteiger partial charge on any atom is -0.394 e. The van der Waals surface area contributed by atoms with Gasteiger partial charge in [0.15, 0.2) is 0 Å². The molecule has 0 bridgehead atoms. The molecule has 0 radical (unpaired) electrons. The second kappa shape index (κ2) is 14.6. The Bertz CT molecular complexity index is 724. The Morgan fingerprint density at radius 3 is 1.97 bits per heavy atom. The first-order valence-electron chi connectivity index (χ1n) is 11.6. The molecule has 0 saturated carbocycles. The highest BCUT2D eigenvalue weighted by Gasteiger charge is 2.26. The minimum absolute atomic E-state index is 0.0909. The van der Waals surface area contributed by atoms with E-state index in [1.165, 1.54) is 11.1 Å². The standard InChI is InChI=1S/C21H27ClN2O2.C4H10N2/c22-20-8-6-19(7-9-20)21(18-4-2-1-3-5-18)24-12-10-23(11-13-24)14-16-26-17-15-25;1-2-6-4-3-5-1/h1-9,21,25H,10-17H2;5-6H,1-4H2. The molecule has 1 atom stereocenters. The molecule has 6 nitrogen and oxygen atoms in total. The molecule has 32 heavy (non-hydrogen) atoms. The lowest BCUT2D eigenvalue weighted by atomic mass is 9.96. The van der Waals surface area contributed by atoms with Gasteiger partial charge in [-0.05, 0) is 23.3 Å². The molecule has 2 aliphatic heterocycles. The Hall–Kier alpha value is -1.51. The molecule has 176 valence electrons. The van der Waals surface area contributed by atoms with Gasteiger partial charge in [0.2, 0.25) is 0 Å². The van der Waals surface area contributed by atoms with Gasteiger partial charge in [0.1, 0.15) is 0 Å². The first kappa shape index (κ1) is 25.1. The molecule has 0 aliphatic carbocycles. The first-order chi connectivity index (χ1) is 15.8. The number of piperazine rings is 2. The third-order valence-electron chi connectivity index (χ3n) is 5.82. The highest BCUT2D eigenvalue weighted by atomic mass is 35.5. The van der Waals surface area contributed by atoms with Crippen LogP contribution in [0.1, 0.15) is 17.2 Å². The molecule has 2 aromatic rings. The Morgan fingerprint density at radius 2 is 1.41 bits per heavy atom. The van der Waals surface area contributed by atoms with Crippen molar-refractivity contribution in [2.45, 2.75) is 6.04 Å². The molecule has 7 heteroatoms. The van der Waals surface area contributed by atoms with Crippen molar-refractivity contribution in [1.82, 2.24) is 20.4 Å². The number of hydrogen-bond donors (Lipinski definition) is 3. The first-order valence-corrected chi connectivity index (χ1v) is 12.0. The molecule has 0 aromatic heterocycles. The second-order valence-corrected chi connectivity index (χ2v) is 8.51. The van der Waals surface area contributed by atoms with Crippen LogP contribution in [-0.2, 0) is 4.74 Å². The van der Waals surface area contributed by atoms with Crippen molar-refractivity contribution in [2.24, 2.45) is 0 Å². The smallest absolute Gasteiger partial charge is 0.0698 e. The molecule has 0 amide bonds. The summed E-state index contributed by atoms with van der Waals surface area (Å²) in [6.07, 6.45) is 0. The zero-order valence-electron chi connectivity index (χ0n) is 18.9. The van der Waals surface area contributed by atoms with Crippen molar-refractivity contribution in [3.8, 4) is 0 Å². The van der Waals surface area contributed by atoms with Crippen LogP contribution < -0.4 is 10.6 Å². The van der Waals surface area contributed by atoms with Crippen LogP contribution in [0.4, 0.5) is 0 Å². The van der Waals surface area contributed by atoms with Crippen molar-refractivity contribution >= 4 is 11.6 Å². The van der Waals surface area contributed by atoms with Crippen LogP contribution in [0.25, 0.3) is 0 Å². The molecule has 2 aromatic carbocycles. The Morgan fingerprint density at radius 1 is 0.812 bits per heavy atom. The fourth-order valence-electron chi connectivity index (χ4n) is 4.10. The molecular formula is C25H37ClN4O2. The average Bonchev–Trinajstić information content (AvgIpc) is 2.86. The molecule has 2 aliphatic rings. The summed E-state index contributed by atoms with van der Waals surface area (Å²) in [6, 6.07) is 19.1. The van der Waals surface area contributed by atoms with E-state index in [0.717, 1.165) is 63.9 Å². The van der Waals surface area contributed by atoms with Crippen molar-refractivity contribution in [1.29, 1.82) is 0 Å². The Balaban J connectivity index is 0.000000416. The SMILES string of the molecule is C1CNCCN1.OCCOCCN1CCN(C(c2ccccc2)c2ccc(Cl)cc2)CC1. The third kappa shape index (κ3) is 8.45. The van der Waals surface area contributed by atoms with Crippen molar-refractivity contribution in [3.63, 3.8) is 0 Å². The number of nitrogens with one attached hydrogen (secondary N) is 2. The lowest BCUT2D eigenvalue weighted by Gasteiger charge is -2.39. The summed E-state index contributed by atoms with van der Waals surface area (Å²) in [6.45, 7) is 10.8. The van der Waals surface area contributed by atoms with E-state index in [2.05, 4.69) is 62.9 Å². The molecule has 0 spiro atoms. The van der Waals surface area contributed by atoms with Gasteiger partial charge in [-0.2, -0.15) is 0 Å². The molecule has 1 unspecified atom stereocenters. The summed E-state index contributed by atoms with van der Waals surface area (Å²) < 4.78 is 5.39. The molecule has 4 rings (SSSR count). The summed E-state index contributed by atoms with van der Waals surface area (Å²) in [4.78, 5) is 4.97. The van der Waals surface area contributed by atoms with E-state index in [0.29, 0.717) is 13.2 Å². The van der Waals surface area contributed by atoms with Gasteiger partial charge in [-0.3, -0.25) is 9.80 Å². The number of hydrogen-bond acceptors (Lipinski definition) is 6. The number of benzene rings is 2. The number of ether oxygens (including phenoxy) is 1. The fraction of sp³-hybridized carbons (Fsp3) is 0.520. The monoisotopic (exact) mass is 460 g/mol. The van der Waals surface area contributed by atoms with Gasteiger partial charge in [-0.1, -0.05) is 54.1 Å². The predicted octanol–water partition coefficient (Wildman–Crippen LogP) is 2.24. The summed E-state index contributed by atoms with van der Waals surface area (Å²) in [7, 11) is 0. The van der Waals surface area contributed by atoms with E-state index in [-0.39, 0.29) is 12.6 Å². The highest BCUT2D eigenvalue weighted by Crippen LogP contribution is 2.30. The van der Waals surface area contributed by atoms with E-state index >= 15 is 0 Å². The van der Waals surface area contributed by atoms with Gasteiger partial charge in [0, 0.05) is 63.9 Å². The van der Waals surface area contributed by atoms with Crippen LogP contribution >= 0.6 is 11.6 Å².